The first-order chi connectivity index (χ1) is 8.50. The summed E-state index contributed by atoms with van der Waals surface area (Å²) in [4.78, 5) is 33.1. The first kappa shape index (κ1) is 14.8. The lowest BCUT2D eigenvalue weighted by atomic mass is 10.1. The van der Waals surface area contributed by atoms with E-state index in [2.05, 4.69) is 5.32 Å². The maximum Gasteiger partial charge on any atom is 0.326 e. The highest BCUT2D eigenvalue weighted by Crippen LogP contribution is 2.23. The van der Waals surface area contributed by atoms with Gasteiger partial charge in [-0.3, -0.25) is 9.59 Å². The Bertz CT molecular complexity index is 327. The number of rotatable bonds is 7. The van der Waals surface area contributed by atoms with Crippen LogP contribution in [0.2, 0.25) is 0 Å². The predicted molar refractivity (Wildman–Crippen MR) is 66.5 cm³/mol. The molecule has 1 rings (SSSR count). The summed E-state index contributed by atoms with van der Waals surface area (Å²) >= 11 is 1.68. The summed E-state index contributed by atoms with van der Waals surface area (Å²) in [5.41, 5.74) is 0. The van der Waals surface area contributed by atoms with Gasteiger partial charge in [0.25, 0.3) is 0 Å². The van der Waals surface area contributed by atoms with Crippen molar-refractivity contribution < 1.29 is 24.6 Å². The van der Waals surface area contributed by atoms with Crippen molar-refractivity contribution >= 4 is 29.6 Å². The van der Waals surface area contributed by atoms with Crippen molar-refractivity contribution in [3.8, 4) is 0 Å². The van der Waals surface area contributed by atoms with E-state index in [0.29, 0.717) is 0 Å². The fraction of sp³-hybridized carbons (Fsp3) is 0.727. The molecule has 0 aromatic rings. The van der Waals surface area contributed by atoms with E-state index in [1.54, 1.807) is 11.8 Å². The van der Waals surface area contributed by atoms with Crippen LogP contribution in [-0.4, -0.2) is 45.6 Å². The Morgan fingerprint density at radius 2 is 2.06 bits per heavy atom. The van der Waals surface area contributed by atoms with Gasteiger partial charge in [0.2, 0.25) is 5.91 Å². The second kappa shape index (κ2) is 7.25. The normalized spacial score (nSPS) is 20.3. The van der Waals surface area contributed by atoms with Crippen LogP contribution >= 0.6 is 11.8 Å². The minimum atomic E-state index is -1.11. The molecule has 0 radical (unpaired) electrons. The van der Waals surface area contributed by atoms with Crippen LogP contribution in [-0.2, 0) is 14.4 Å². The molecule has 1 saturated heterocycles. The zero-order chi connectivity index (χ0) is 13.5. The molecule has 1 aliphatic heterocycles. The minimum absolute atomic E-state index is 0.0844. The number of carbonyl (C=O) groups excluding carboxylic acids is 1. The first-order valence-electron chi connectivity index (χ1n) is 5.83. The Morgan fingerprint density at radius 1 is 1.33 bits per heavy atom. The molecule has 7 heteroatoms. The zero-order valence-electron chi connectivity index (χ0n) is 9.92. The number of hydrogen-bond donors (Lipinski definition) is 3. The number of carboxylic acid groups (broad SMARTS) is 2. The van der Waals surface area contributed by atoms with Crippen LogP contribution in [0.15, 0.2) is 0 Å². The lowest BCUT2D eigenvalue weighted by molar-refractivity contribution is -0.143. The number of amides is 1. The molecule has 3 N–H and O–H groups in total. The lowest BCUT2D eigenvalue weighted by Crippen LogP contribution is -2.43. The van der Waals surface area contributed by atoms with Gasteiger partial charge in [-0.1, -0.05) is 0 Å². The van der Waals surface area contributed by atoms with Crippen LogP contribution in [0.4, 0.5) is 0 Å². The van der Waals surface area contributed by atoms with Gasteiger partial charge in [0, 0.05) is 18.1 Å². The average Bonchev–Trinajstić information content (AvgIpc) is 2.80. The smallest absolute Gasteiger partial charge is 0.326 e. The highest BCUT2D eigenvalue weighted by Gasteiger charge is 2.27. The number of aliphatic carboxylic acids is 2. The molecule has 0 saturated carbocycles. The van der Waals surface area contributed by atoms with Crippen LogP contribution in [0.5, 0.6) is 0 Å². The monoisotopic (exact) mass is 275 g/mol. The van der Waals surface area contributed by atoms with Gasteiger partial charge < -0.3 is 15.5 Å². The quantitative estimate of drug-likeness (QED) is 0.627. The van der Waals surface area contributed by atoms with E-state index in [0.717, 1.165) is 17.9 Å². The van der Waals surface area contributed by atoms with E-state index in [9.17, 15) is 14.4 Å². The van der Waals surface area contributed by atoms with E-state index < -0.39 is 18.0 Å². The molecule has 1 amide bonds. The second-order valence-corrected chi connectivity index (χ2v) is 5.40. The van der Waals surface area contributed by atoms with Crippen molar-refractivity contribution in [2.45, 2.75) is 31.7 Å². The third kappa shape index (κ3) is 4.95. The third-order valence-corrected chi connectivity index (χ3v) is 3.96. The Labute approximate surface area is 109 Å². The molecular formula is C11H17NO5S. The Balaban J connectivity index is 2.39. The van der Waals surface area contributed by atoms with Crippen LogP contribution < -0.4 is 5.32 Å². The molecule has 18 heavy (non-hydrogen) atoms. The summed E-state index contributed by atoms with van der Waals surface area (Å²) in [7, 11) is 0. The molecule has 0 aliphatic carbocycles. The van der Waals surface area contributed by atoms with Crippen molar-refractivity contribution in [3.63, 3.8) is 0 Å². The molecule has 1 heterocycles. The average molecular weight is 275 g/mol. The summed E-state index contributed by atoms with van der Waals surface area (Å²) in [5, 5.41) is 19.9. The second-order valence-electron chi connectivity index (χ2n) is 4.25. The number of hydrogen-bond acceptors (Lipinski definition) is 4. The molecule has 1 fully saturated rings. The van der Waals surface area contributed by atoms with Crippen LogP contribution in [0, 0.1) is 5.92 Å². The fourth-order valence-corrected chi connectivity index (χ4v) is 2.97. The molecule has 1 aliphatic rings. The van der Waals surface area contributed by atoms with Crippen molar-refractivity contribution in [3.05, 3.63) is 0 Å². The van der Waals surface area contributed by atoms with Gasteiger partial charge in [-0.05, 0) is 25.0 Å². The summed E-state index contributed by atoms with van der Waals surface area (Å²) in [6.45, 7) is 0. The number of carboxylic acids is 2. The van der Waals surface area contributed by atoms with Gasteiger partial charge in [-0.2, -0.15) is 11.8 Å². The molecule has 0 aromatic carbocycles. The van der Waals surface area contributed by atoms with E-state index in [1.165, 1.54) is 0 Å². The van der Waals surface area contributed by atoms with Gasteiger partial charge in [0.1, 0.15) is 6.04 Å². The molecule has 0 spiro atoms. The molecule has 0 aromatic heterocycles. The largest absolute Gasteiger partial charge is 0.481 e. The van der Waals surface area contributed by atoms with E-state index >= 15 is 0 Å². The molecule has 102 valence electrons. The Morgan fingerprint density at radius 3 is 2.56 bits per heavy atom. The fourth-order valence-electron chi connectivity index (χ4n) is 1.75. The molecule has 0 bridgehead atoms. The minimum Gasteiger partial charge on any atom is -0.481 e. The maximum absolute atomic E-state index is 11.8. The van der Waals surface area contributed by atoms with Crippen LogP contribution in [0.25, 0.3) is 0 Å². The van der Waals surface area contributed by atoms with Gasteiger partial charge in [-0.15, -0.1) is 0 Å². The SMILES string of the molecule is O=C(O)CCC[C@@H](NC(=O)C1CCSC1)C(=O)O. The number of nitrogens with one attached hydrogen (secondary N) is 1. The summed E-state index contributed by atoms with van der Waals surface area (Å²) in [5.74, 6) is -0.765. The molecule has 6 nitrogen and oxygen atoms in total. The van der Waals surface area contributed by atoms with Crippen molar-refractivity contribution in [1.29, 1.82) is 0 Å². The highest BCUT2D eigenvalue weighted by molar-refractivity contribution is 7.99. The van der Waals surface area contributed by atoms with Gasteiger partial charge in [0.05, 0.1) is 0 Å². The van der Waals surface area contributed by atoms with Crippen molar-refractivity contribution in [1.82, 2.24) is 5.32 Å². The first-order valence-corrected chi connectivity index (χ1v) is 6.99. The standard InChI is InChI=1S/C11H17NO5S/c13-9(14)3-1-2-8(11(16)17)12-10(15)7-4-5-18-6-7/h7-8H,1-6H2,(H,12,15)(H,13,14)(H,16,17)/t7?,8-/m1/s1. The Kier molecular flexibility index (Phi) is 5.97. The predicted octanol–water partition coefficient (Wildman–Crippen LogP) is 0.564. The van der Waals surface area contributed by atoms with Crippen molar-refractivity contribution in [2.75, 3.05) is 11.5 Å². The summed E-state index contributed by atoms with van der Waals surface area (Å²) < 4.78 is 0. The van der Waals surface area contributed by atoms with Gasteiger partial charge in [0.15, 0.2) is 0 Å². The molecule has 2 atom stereocenters. The van der Waals surface area contributed by atoms with Gasteiger partial charge in [-0.25, -0.2) is 4.79 Å². The Hall–Kier alpha value is -1.24. The highest BCUT2D eigenvalue weighted by atomic mass is 32.2. The summed E-state index contributed by atoms with van der Waals surface area (Å²) in [6, 6.07) is -0.984. The van der Waals surface area contributed by atoms with Crippen LogP contribution in [0.1, 0.15) is 25.7 Å². The van der Waals surface area contributed by atoms with Crippen LogP contribution in [0.3, 0.4) is 0 Å². The maximum atomic E-state index is 11.8. The topological polar surface area (TPSA) is 104 Å². The molecular weight excluding hydrogens is 258 g/mol. The number of thioether (sulfide) groups is 1. The molecule has 1 unspecified atom stereocenters. The lowest BCUT2D eigenvalue weighted by Gasteiger charge is -2.16. The summed E-state index contributed by atoms with van der Waals surface area (Å²) in [6.07, 6.45) is 1.08. The third-order valence-electron chi connectivity index (χ3n) is 2.80. The number of carbonyl (C=O) groups is 3. The van der Waals surface area contributed by atoms with Gasteiger partial charge >= 0.3 is 11.9 Å². The van der Waals surface area contributed by atoms with Crippen molar-refractivity contribution in [2.24, 2.45) is 5.92 Å². The van der Waals surface area contributed by atoms with E-state index in [4.69, 9.17) is 10.2 Å². The van der Waals surface area contributed by atoms with E-state index in [1.807, 2.05) is 0 Å². The zero-order valence-corrected chi connectivity index (χ0v) is 10.7. The van der Waals surface area contributed by atoms with E-state index in [-0.39, 0.29) is 31.1 Å².